The number of anilines is 1. The normalized spacial score (nSPS) is 16.8. The number of methoxy groups -OCH3 is 1. The topological polar surface area (TPSA) is 91.9 Å². The van der Waals surface area contributed by atoms with Gasteiger partial charge in [-0.1, -0.05) is 0 Å². The van der Waals surface area contributed by atoms with Gasteiger partial charge >= 0.3 is 0 Å². The summed E-state index contributed by atoms with van der Waals surface area (Å²) in [5, 5.41) is 13.3. The molecular formula is C17H23N5O2. The van der Waals surface area contributed by atoms with Crippen LogP contribution in [0.15, 0.2) is 24.3 Å². The van der Waals surface area contributed by atoms with Crippen LogP contribution in [0.5, 0.6) is 0 Å². The van der Waals surface area contributed by atoms with E-state index in [9.17, 15) is 4.79 Å². The number of nitrogens with zero attached hydrogens (tertiary/aromatic N) is 2. The molecule has 2 heterocycles. The first-order valence-electron chi connectivity index (χ1n) is 8.13. The molecule has 1 fully saturated rings. The molecule has 1 aromatic heterocycles. The summed E-state index contributed by atoms with van der Waals surface area (Å²) in [5.74, 6) is 1.45. The Hall–Kier alpha value is -2.25. The van der Waals surface area contributed by atoms with Gasteiger partial charge in [-0.3, -0.25) is 9.89 Å². The van der Waals surface area contributed by atoms with Crippen molar-refractivity contribution in [1.29, 1.82) is 0 Å². The van der Waals surface area contributed by atoms with E-state index in [-0.39, 0.29) is 5.91 Å². The number of carbonyl (C=O) groups excluding carboxylic acids is 1. The van der Waals surface area contributed by atoms with Gasteiger partial charge in [0.1, 0.15) is 5.82 Å². The Labute approximate surface area is 141 Å². The highest BCUT2D eigenvalue weighted by Gasteiger charge is 2.39. The summed E-state index contributed by atoms with van der Waals surface area (Å²) >= 11 is 0. The zero-order valence-electron chi connectivity index (χ0n) is 14.1. The van der Waals surface area contributed by atoms with Crippen LogP contribution in [0, 0.1) is 12.3 Å². The summed E-state index contributed by atoms with van der Waals surface area (Å²) < 4.78 is 5.31. The molecule has 1 amide bonds. The number of ether oxygens (including phenoxy) is 1. The average Bonchev–Trinajstić information content (AvgIpc) is 3.03. The minimum absolute atomic E-state index is 0.0207. The molecule has 24 heavy (non-hydrogen) atoms. The van der Waals surface area contributed by atoms with Crippen molar-refractivity contribution in [3.05, 3.63) is 30.1 Å². The Morgan fingerprint density at radius 1 is 1.29 bits per heavy atom. The Bertz CT molecular complexity index is 684. The quantitative estimate of drug-likeness (QED) is 0.777. The Morgan fingerprint density at radius 3 is 2.58 bits per heavy atom. The van der Waals surface area contributed by atoms with Crippen LogP contribution >= 0.6 is 0 Å². The van der Waals surface area contributed by atoms with Crippen molar-refractivity contribution in [2.75, 3.05) is 32.1 Å². The van der Waals surface area contributed by atoms with Crippen LogP contribution in [0.4, 0.5) is 5.69 Å². The van der Waals surface area contributed by atoms with Crippen LogP contribution in [0.25, 0.3) is 11.4 Å². The summed E-state index contributed by atoms with van der Waals surface area (Å²) in [6, 6.07) is 7.56. The third kappa shape index (κ3) is 3.47. The monoisotopic (exact) mass is 329 g/mol. The predicted molar refractivity (Wildman–Crippen MR) is 91.6 cm³/mol. The third-order valence-electron chi connectivity index (χ3n) is 4.46. The number of amides is 1. The maximum atomic E-state index is 12.8. The fourth-order valence-corrected chi connectivity index (χ4v) is 3.06. The summed E-state index contributed by atoms with van der Waals surface area (Å²) in [7, 11) is 1.64. The number of benzene rings is 1. The number of hydrogen-bond donors (Lipinski definition) is 3. The van der Waals surface area contributed by atoms with E-state index in [4.69, 9.17) is 4.74 Å². The van der Waals surface area contributed by atoms with Crippen LogP contribution in [-0.4, -0.2) is 47.9 Å². The number of aryl methyl sites for hydroxylation is 1. The highest BCUT2D eigenvalue weighted by atomic mass is 16.5. The molecule has 2 aromatic rings. The van der Waals surface area contributed by atoms with Crippen molar-refractivity contribution in [2.24, 2.45) is 5.41 Å². The van der Waals surface area contributed by atoms with Gasteiger partial charge in [-0.05, 0) is 57.1 Å². The molecule has 7 nitrogen and oxygen atoms in total. The number of hydrogen-bond acceptors (Lipinski definition) is 5. The lowest BCUT2D eigenvalue weighted by Gasteiger charge is -2.35. The van der Waals surface area contributed by atoms with Crippen molar-refractivity contribution in [3.8, 4) is 11.4 Å². The highest BCUT2D eigenvalue weighted by molar-refractivity contribution is 5.95. The predicted octanol–water partition coefficient (Wildman–Crippen LogP) is 1.73. The van der Waals surface area contributed by atoms with Gasteiger partial charge in [0.05, 0.1) is 12.0 Å². The van der Waals surface area contributed by atoms with Gasteiger partial charge < -0.3 is 15.4 Å². The smallest absolute Gasteiger partial charge is 0.233 e. The summed E-state index contributed by atoms with van der Waals surface area (Å²) in [4.78, 5) is 17.1. The van der Waals surface area contributed by atoms with Crippen molar-refractivity contribution in [2.45, 2.75) is 19.8 Å². The first-order valence-corrected chi connectivity index (χ1v) is 8.13. The Balaban J connectivity index is 1.71. The summed E-state index contributed by atoms with van der Waals surface area (Å²) in [6.07, 6.45) is 1.56. The van der Waals surface area contributed by atoms with Gasteiger partial charge in [-0.15, -0.1) is 0 Å². The minimum Gasteiger partial charge on any atom is -0.384 e. The van der Waals surface area contributed by atoms with E-state index in [1.807, 2.05) is 31.2 Å². The van der Waals surface area contributed by atoms with E-state index >= 15 is 0 Å². The number of piperidine rings is 1. The van der Waals surface area contributed by atoms with E-state index in [1.54, 1.807) is 7.11 Å². The largest absolute Gasteiger partial charge is 0.384 e. The molecule has 1 aliphatic heterocycles. The zero-order valence-corrected chi connectivity index (χ0v) is 14.1. The first kappa shape index (κ1) is 16.6. The van der Waals surface area contributed by atoms with Gasteiger partial charge in [-0.2, -0.15) is 5.10 Å². The molecular weight excluding hydrogens is 306 g/mol. The van der Waals surface area contributed by atoms with E-state index in [0.29, 0.717) is 12.4 Å². The van der Waals surface area contributed by atoms with Crippen LogP contribution in [-0.2, 0) is 9.53 Å². The molecule has 128 valence electrons. The van der Waals surface area contributed by atoms with Gasteiger partial charge in [-0.25, -0.2) is 4.98 Å². The number of H-pyrrole nitrogens is 1. The Kier molecular flexibility index (Phi) is 4.92. The van der Waals surface area contributed by atoms with Crippen molar-refractivity contribution in [1.82, 2.24) is 20.5 Å². The molecule has 0 aliphatic carbocycles. The van der Waals surface area contributed by atoms with Crippen LogP contribution in [0.3, 0.4) is 0 Å². The number of aromatic nitrogens is 3. The second-order valence-corrected chi connectivity index (χ2v) is 6.24. The minimum atomic E-state index is -0.459. The average molecular weight is 329 g/mol. The van der Waals surface area contributed by atoms with Crippen LogP contribution < -0.4 is 10.6 Å². The molecule has 1 aromatic carbocycles. The lowest BCUT2D eigenvalue weighted by molar-refractivity contribution is -0.130. The fourth-order valence-electron chi connectivity index (χ4n) is 3.06. The van der Waals surface area contributed by atoms with E-state index in [2.05, 4.69) is 25.8 Å². The molecule has 0 atom stereocenters. The second kappa shape index (κ2) is 7.11. The molecule has 0 bridgehead atoms. The second-order valence-electron chi connectivity index (χ2n) is 6.24. The maximum Gasteiger partial charge on any atom is 0.233 e. The Morgan fingerprint density at radius 2 is 2.00 bits per heavy atom. The van der Waals surface area contributed by atoms with Crippen molar-refractivity contribution >= 4 is 11.6 Å². The van der Waals surface area contributed by atoms with Crippen LogP contribution in [0.2, 0.25) is 0 Å². The number of aromatic amines is 1. The lowest BCUT2D eigenvalue weighted by Crippen LogP contribution is -2.47. The number of carbonyl (C=O) groups is 1. The first-order chi connectivity index (χ1) is 11.6. The van der Waals surface area contributed by atoms with E-state index in [0.717, 1.165) is 43.0 Å². The summed E-state index contributed by atoms with van der Waals surface area (Å²) in [5.41, 5.74) is 1.22. The molecule has 3 N–H and O–H groups in total. The van der Waals surface area contributed by atoms with Gasteiger partial charge in [0, 0.05) is 18.4 Å². The molecule has 0 saturated carbocycles. The van der Waals surface area contributed by atoms with Crippen molar-refractivity contribution in [3.63, 3.8) is 0 Å². The molecule has 0 spiro atoms. The van der Waals surface area contributed by atoms with E-state index < -0.39 is 5.41 Å². The zero-order chi connectivity index (χ0) is 17.0. The third-order valence-corrected chi connectivity index (χ3v) is 4.46. The SMILES string of the molecule is COCC1(C(=O)Nc2ccc(-c3n[nH]c(C)n3)cc2)CCNCC1. The molecule has 1 saturated heterocycles. The maximum absolute atomic E-state index is 12.8. The standard InChI is InChI=1S/C17H23N5O2/c1-12-19-15(22-21-12)13-3-5-14(6-4-13)20-16(23)17(11-24-2)7-9-18-10-8-17/h3-6,18H,7-11H2,1-2H3,(H,20,23)(H,19,21,22). The van der Waals surface area contributed by atoms with E-state index in [1.165, 1.54) is 0 Å². The number of rotatable bonds is 5. The van der Waals surface area contributed by atoms with Crippen LogP contribution in [0.1, 0.15) is 18.7 Å². The van der Waals surface area contributed by atoms with Gasteiger partial charge in [0.25, 0.3) is 0 Å². The molecule has 1 aliphatic rings. The van der Waals surface area contributed by atoms with Gasteiger partial charge in [0.2, 0.25) is 5.91 Å². The van der Waals surface area contributed by atoms with Crippen molar-refractivity contribution < 1.29 is 9.53 Å². The highest BCUT2D eigenvalue weighted by Crippen LogP contribution is 2.31. The number of nitrogens with one attached hydrogen (secondary N) is 3. The molecule has 0 radical (unpaired) electrons. The summed E-state index contributed by atoms with van der Waals surface area (Å²) in [6.45, 7) is 3.97. The lowest BCUT2D eigenvalue weighted by atomic mass is 9.78. The fraction of sp³-hybridized carbons (Fsp3) is 0.471. The molecule has 7 heteroatoms. The van der Waals surface area contributed by atoms with Gasteiger partial charge in [0.15, 0.2) is 5.82 Å². The molecule has 0 unspecified atom stereocenters. The molecule has 3 rings (SSSR count).